The first kappa shape index (κ1) is 20.5. The van der Waals surface area contributed by atoms with Gasteiger partial charge in [0.15, 0.2) is 11.5 Å². The lowest BCUT2D eigenvalue weighted by Gasteiger charge is -2.17. The van der Waals surface area contributed by atoms with Crippen LogP contribution in [-0.2, 0) is 17.7 Å². The van der Waals surface area contributed by atoms with Crippen LogP contribution in [0.2, 0.25) is 5.28 Å². The number of anilines is 1. The topological polar surface area (TPSA) is 109 Å². The Hall–Kier alpha value is -2.23. The fourth-order valence-corrected chi connectivity index (χ4v) is 3.49. The van der Waals surface area contributed by atoms with Crippen molar-refractivity contribution in [1.29, 1.82) is 0 Å². The minimum atomic E-state index is -1.09. The van der Waals surface area contributed by atoms with Crippen molar-refractivity contribution in [2.45, 2.75) is 44.8 Å². The smallest absolute Gasteiger partial charge is 0.295 e. The number of hydrogen-bond donors (Lipinski definition) is 1. The summed E-state index contributed by atoms with van der Waals surface area (Å²) in [6, 6.07) is 3.49. The maximum Gasteiger partial charge on any atom is 0.295 e. The highest BCUT2D eigenvalue weighted by Gasteiger charge is 2.17. The third kappa shape index (κ3) is 4.26. The Bertz CT molecular complexity index is 1030. The van der Waals surface area contributed by atoms with E-state index < -0.39 is 11.2 Å². The highest BCUT2D eigenvalue weighted by atomic mass is 35.5. The first-order valence-corrected chi connectivity index (χ1v) is 10.7. The van der Waals surface area contributed by atoms with Crippen LogP contribution in [0.4, 0.5) is 5.82 Å². The van der Waals surface area contributed by atoms with Gasteiger partial charge in [-0.25, -0.2) is 15.0 Å². The summed E-state index contributed by atoms with van der Waals surface area (Å²) in [5, 5.41) is 3.69. The number of nitrogens with one attached hydrogen (secondary N) is 1. The molecule has 3 aromatic rings. The number of halogens is 1. The van der Waals surface area contributed by atoms with Crippen LogP contribution in [0.25, 0.3) is 11.2 Å². The minimum absolute atomic E-state index is 0.0714. The van der Waals surface area contributed by atoms with Crippen molar-refractivity contribution >= 4 is 39.8 Å². The Morgan fingerprint density at radius 3 is 2.68 bits per heavy atom. The van der Waals surface area contributed by atoms with Crippen LogP contribution in [0, 0.1) is 0 Å². The Morgan fingerprint density at radius 1 is 1.25 bits per heavy atom. The molecule has 3 rings (SSSR count). The Kier molecular flexibility index (Phi) is 6.48. The summed E-state index contributed by atoms with van der Waals surface area (Å²) in [4.78, 5) is 29.7. The first-order valence-electron chi connectivity index (χ1n) is 8.96. The van der Waals surface area contributed by atoms with Crippen molar-refractivity contribution in [3.05, 3.63) is 45.7 Å². The second-order valence-electron chi connectivity index (χ2n) is 6.23. The van der Waals surface area contributed by atoms with E-state index in [2.05, 4.69) is 25.3 Å². The molecule has 3 aromatic heterocycles. The molecule has 1 N–H and O–H groups in total. The molecular weight excluding hydrogens is 400 g/mol. The molecule has 0 bridgehead atoms. The third-order valence-corrected chi connectivity index (χ3v) is 5.80. The van der Waals surface area contributed by atoms with Crippen LogP contribution in [0.5, 0.6) is 0 Å². The number of fused-ring (bicyclic) bond motifs is 1. The molecule has 0 amide bonds. The van der Waals surface area contributed by atoms with E-state index in [-0.39, 0.29) is 22.7 Å². The van der Waals surface area contributed by atoms with Gasteiger partial charge in [-0.05, 0) is 43.5 Å². The highest BCUT2D eigenvalue weighted by molar-refractivity contribution is 7.91. The molecule has 28 heavy (non-hydrogen) atoms. The van der Waals surface area contributed by atoms with Gasteiger partial charge in [-0.2, -0.15) is 4.98 Å². The average Bonchev–Trinajstić information content (AvgIpc) is 2.71. The second kappa shape index (κ2) is 8.85. The molecule has 0 aliphatic heterocycles. The summed E-state index contributed by atoms with van der Waals surface area (Å²) in [6.07, 6.45) is 3.90. The van der Waals surface area contributed by atoms with Gasteiger partial charge in [0.2, 0.25) is 10.3 Å². The number of aromatic nitrogens is 5. The Balaban J connectivity index is 1.92. The fourth-order valence-electron chi connectivity index (χ4n) is 2.67. The molecule has 148 valence electrons. The fraction of sp³-hybridized carbons (Fsp3) is 0.389. The highest BCUT2D eigenvalue weighted by Crippen LogP contribution is 2.18. The van der Waals surface area contributed by atoms with Gasteiger partial charge in [-0.1, -0.05) is 6.92 Å². The molecular formula is C18H21ClN6O2S. The lowest BCUT2D eigenvalue weighted by Crippen LogP contribution is -2.28. The van der Waals surface area contributed by atoms with Crippen molar-refractivity contribution in [3.8, 4) is 0 Å². The van der Waals surface area contributed by atoms with Crippen LogP contribution < -0.4 is 10.9 Å². The largest absolute Gasteiger partial charge is 0.610 e. The molecule has 10 heteroatoms. The van der Waals surface area contributed by atoms with E-state index in [4.69, 9.17) is 11.6 Å². The predicted octanol–water partition coefficient (Wildman–Crippen LogP) is 2.95. The van der Waals surface area contributed by atoms with Crippen LogP contribution in [-0.4, -0.2) is 34.8 Å². The summed E-state index contributed by atoms with van der Waals surface area (Å²) in [7, 11) is 0. The van der Waals surface area contributed by atoms with Crippen LogP contribution in [0.3, 0.4) is 0 Å². The molecule has 0 radical (unpaired) electrons. The average molecular weight is 421 g/mol. The first-order chi connectivity index (χ1) is 13.4. The van der Waals surface area contributed by atoms with E-state index in [1.165, 1.54) is 6.20 Å². The van der Waals surface area contributed by atoms with Crippen molar-refractivity contribution in [1.82, 2.24) is 24.5 Å². The molecule has 0 saturated heterocycles. The molecule has 2 atom stereocenters. The number of rotatable bonds is 7. The quantitative estimate of drug-likeness (QED) is 0.462. The zero-order chi connectivity index (χ0) is 20.3. The molecule has 3 heterocycles. The lowest BCUT2D eigenvalue weighted by molar-refractivity contribution is 0.526. The van der Waals surface area contributed by atoms with E-state index >= 15 is 0 Å². The van der Waals surface area contributed by atoms with Crippen molar-refractivity contribution in [3.63, 3.8) is 0 Å². The van der Waals surface area contributed by atoms with Crippen LogP contribution in [0.15, 0.2) is 34.3 Å². The molecule has 0 saturated carbocycles. The van der Waals surface area contributed by atoms with Gasteiger partial charge in [0, 0.05) is 36.0 Å². The third-order valence-electron chi connectivity index (χ3n) is 4.39. The van der Waals surface area contributed by atoms with Crippen molar-refractivity contribution in [2.24, 2.45) is 0 Å². The molecule has 0 spiro atoms. The normalized spacial score (nSPS) is 13.5. The zero-order valence-electron chi connectivity index (χ0n) is 15.8. The van der Waals surface area contributed by atoms with Crippen molar-refractivity contribution < 1.29 is 4.55 Å². The summed E-state index contributed by atoms with van der Waals surface area (Å²) >= 11 is 4.82. The van der Waals surface area contributed by atoms with E-state index in [0.29, 0.717) is 28.5 Å². The van der Waals surface area contributed by atoms with Crippen LogP contribution >= 0.6 is 11.6 Å². The summed E-state index contributed by atoms with van der Waals surface area (Å²) in [6.45, 7) is 6.14. The number of nitrogens with zero attached hydrogens (tertiary/aromatic N) is 5. The predicted molar refractivity (Wildman–Crippen MR) is 110 cm³/mol. The molecule has 1 unspecified atom stereocenters. The zero-order valence-corrected chi connectivity index (χ0v) is 17.4. The molecule has 8 nitrogen and oxygen atoms in total. The lowest BCUT2D eigenvalue weighted by atomic mass is 10.2. The van der Waals surface area contributed by atoms with Gasteiger partial charge in [0.1, 0.15) is 11.3 Å². The van der Waals surface area contributed by atoms with Gasteiger partial charge >= 0.3 is 0 Å². The SMILES string of the molecule is CC[C@H](C)n1c(=O)c(NCc2ccc([S+]([O-])CC)nc2)nc2cnc(Cl)nc21. The summed E-state index contributed by atoms with van der Waals surface area (Å²) in [5.41, 5.74) is 1.48. The van der Waals surface area contributed by atoms with Gasteiger partial charge in [0.05, 0.1) is 6.20 Å². The van der Waals surface area contributed by atoms with Crippen LogP contribution in [0.1, 0.15) is 38.8 Å². The van der Waals surface area contributed by atoms with E-state index in [1.807, 2.05) is 26.8 Å². The Morgan fingerprint density at radius 2 is 2.04 bits per heavy atom. The summed E-state index contributed by atoms with van der Waals surface area (Å²) in [5.74, 6) is 0.729. The van der Waals surface area contributed by atoms with Gasteiger partial charge in [-0.3, -0.25) is 9.36 Å². The monoisotopic (exact) mass is 420 g/mol. The number of pyridine rings is 1. The van der Waals surface area contributed by atoms with E-state index in [0.717, 1.165) is 12.0 Å². The maximum absolute atomic E-state index is 13.0. The molecule has 0 aromatic carbocycles. The second-order valence-corrected chi connectivity index (χ2v) is 8.26. The maximum atomic E-state index is 13.0. The van der Waals surface area contributed by atoms with Gasteiger partial charge in [0.25, 0.3) is 5.56 Å². The number of hydrogen-bond acceptors (Lipinski definition) is 7. The van der Waals surface area contributed by atoms with Gasteiger partial charge in [-0.15, -0.1) is 0 Å². The Labute approximate surface area is 170 Å². The molecule has 0 aliphatic carbocycles. The minimum Gasteiger partial charge on any atom is -0.610 e. The molecule has 0 aliphatic rings. The standard InChI is InChI=1S/C18H21ClN6O2S/c1-4-11(3)25-16-13(10-22-18(19)24-16)23-15(17(25)26)21-9-12-6-7-14(20-8-12)28(27)5-2/h6-8,10-11H,4-5,9H2,1-3H3,(H,21,23)/t11-,28?/m0/s1. The summed E-state index contributed by atoms with van der Waals surface area (Å²) < 4.78 is 13.4. The van der Waals surface area contributed by atoms with Crippen molar-refractivity contribution in [2.75, 3.05) is 11.1 Å². The van der Waals surface area contributed by atoms with E-state index in [1.54, 1.807) is 16.8 Å². The molecule has 0 fully saturated rings. The van der Waals surface area contributed by atoms with E-state index in [9.17, 15) is 9.35 Å². The van der Waals surface area contributed by atoms with Gasteiger partial charge < -0.3 is 9.87 Å².